The van der Waals surface area contributed by atoms with Crippen LogP contribution in [0.15, 0.2) is 47.4 Å². The van der Waals surface area contributed by atoms with Crippen molar-refractivity contribution in [1.29, 1.82) is 0 Å². The van der Waals surface area contributed by atoms with E-state index in [4.69, 9.17) is 14.2 Å². The van der Waals surface area contributed by atoms with Gasteiger partial charge in [-0.1, -0.05) is 18.2 Å². The van der Waals surface area contributed by atoms with Crippen molar-refractivity contribution in [3.8, 4) is 17.2 Å². The van der Waals surface area contributed by atoms with E-state index in [9.17, 15) is 13.2 Å². The van der Waals surface area contributed by atoms with E-state index in [0.29, 0.717) is 43.6 Å². The van der Waals surface area contributed by atoms with E-state index in [1.807, 2.05) is 31.2 Å². The van der Waals surface area contributed by atoms with Gasteiger partial charge in [0.15, 0.2) is 18.1 Å². The molecule has 166 valence electrons. The molecule has 0 unspecified atom stereocenters. The van der Waals surface area contributed by atoms with Crippen LogP contribution < -0.4 is 14.2 Å². The second-order valence-corrected chi connectivity index (χ2v) is 9.44. The van der Waals surface area contributed by atoms with Gasteiger partial charge < -0.3 is 19.1 Å². The molecule has 2 aliphatic rings. The molecule has 8 nitrogen and oxygen atoms in total. The molecule has 2 heterocycles. The van der Waals surface area contributed by atoms with Gasteiger partial charge in [-0.3, -0.25) is 4.79 Å². The highest BCUT2D eigenvalue weighted by atomic mass is 32.2. The Labute approximate surface area is 182 Å². The molecule has 2 aliphatic heterocycles. The normalized spacial score (nSPS) is 17.1. The van der Waals surface area contributed by atoms with Gasteiger partial charge in [0, 0.05) is 38.7 Å². The fraction of sp³-hybridized carbons (Fsp3) is 0.409. The van der Waals surface area contributed by atoms with Crippen LogP contribution in [0.1, 0.15) is 12.0 Å². The number of ether oxygens (including phenoxy) is 3. The number of hydrogen-bond acceptors (Lipinski definition) is 6. The van der Waals surface area contributed by atoms with Crippen LogP contribution in [0.25, 0.3) is 0 Å². The summed E-state index contributed by atoms with van der Waals surface area (Å²) in [4.78, 5) is 14.3. The van der Waals surface area contributed by atoms with E-state index in [1.54, 1.807) is 11.0 Å². The molecule has 0 bridgehead atoms. The number of amides is 1. The summed E-state index contributed by atoms with van der Waals surface area (Å²) in [6.45, 7) is 3.98. The third-order valence-corrected chi connectivity index (χ3v) is 7.29. The maximum Gasteiger partial charge on any atom is 0.260 e. The standard InChI is InChI=1S/C22H26N2O6S/c1-17-5-2-3-6-19(17)30-16-22(25)23-9-11-24(12-10-23)31(26,27)18-7-8-20-21(15-18)29-14-4-13-28-20/h2-3,5-8,15H,4,9-14,16H2,1H3. The number of sulfonamides is 1. The summed E-state index contributed by atoms with van der Waals surface area (Å²) in [6.07, 6.45) is 0.750. The first kappa shape index (κ1) is 21.5. The highest BCUT2D eigenvalue weighted by Gasteiger charge is 2.31. The van der Waals surface area contributed by atoms with Gasteiger partial charge in [0.1, 0.15) is 5.75 Å². The molecule has 0 saturated carbocycles. The lowest BCUT2D eigenvalue weighted by Crippen LogP contribution is -2.51. The molecule has 0 N–H and O–H groups in total. The Balaban J connectivity index is 1.36. The maximum absolute atomic E-state index is 13.1. The number of para-hydroxylation sites is 1. The first-order valence-corrected chi connectivity index (χ1v) is 11.8. The zero-order valence-corrected chi connectivity index (χ0v) is 18.3. The van der Waals surface area contributed by atoms with Gasteiger partial charge in [-0.2, -0.15) is 4.31 Å². The largest absolute Gasteiger partial charge is 0.490 e. The first-order valence-electron chi connectivity index (χ1n) is 10.3. The molecule has 0 aliphatic carbocycles. The fourth-order valence-electron chi connectivity index (χ4n) is 3.58. The van der Waals surface area contributed by atoms with Gasteiger partial charge in [-0.25, -0.2) is 8.42 Å². The summed E-state index contributed by atoms with van der Waals surface area (Å²) in [5, 5.41) is 0. The summed E-state index contributed by atoms with van der Waals surface area (Å²) < 4.78 is 44.4. The van der Waals surface area contributed by atoms with E-state index < -0.39 is 10.0 Å². The van der Waals surface area contributed by atoms with Crippen molar-refractivity contribution in [3.63, 3.8) is 0 Å². The minimum Gasteiger partial charge on any atom is -0.490 e. The molecule has 1 saturated heterocycles. The third kappa shape index (κ3) is 4.77. The van der Waals surface area contributed by atoms with Crippen LogP contribution in [0.3, 0.4) is 0 Å². The van der Waals surface area contributed by atoms with Crippen LogP contribution in [0, 0.1) is 6.92 Å². The van der Waals surface area contributed by atoms with Crippen LogP contribution in [0.5, 0.6) is 17.2 Å². The van der Waals surface area contributed by atoms with E-state index in [2.05, 4.69) is 0 Å². The quantitative estimate of drug-likeness (QED) is 0.699. The van der Waals surface area contributed by atoms with Crippen molar-refractivity contribution in [1.82, 2.24) is 9.21 Å². The minimum absolute atomic E-state index is 0.0697. The van der Waals surface area contributed by atoms with E-state index in [-0.39, 0.29) is 30.5 Å². The van der Waals surface area contributed by atoms with Crippen LogP contribution in [0.2, 0.25) is 0 Å². The number of hydrogen-bond donors (Lipinski definition) is 0. The van der Waals surface area contributed by atoms with Crippen molar-refractivity contribution in [2.45, 2.75) is 18.2 Å². The Morgan fingerprint density at radius 3 is 2.45 bits per heavy atom. The molecule has 9 heteroatoms. The minimum atomic E-state index is -3.69. The summed E-state index contributed by atoms with van der Waals surface area (Å²) in [5.74, 6) is 1.52. The Bertz CT molecular complexity index is 1050. The van der Waals surface area contributed by atoms with Crippen LogP contribution in [-0.2, 0) is 14.8 Å². The number of piperazine rings is 1. The average Bonchev–Trinajstić information content (AvgIpc) is 3.03. The maximum atomic E-state index is 13.1. The van der Waals surface area contributed by atoms with Crippen molar-refractivity contribution in [3.05, 3.63) is 48.0 Å². The van der Waals surface area contributed by atoms with Crippen LogP contribution in [-0.4, -0.2) is 69.5 Å². The van der Waals surface area contributed by atoms with E-state index in [1.165, 1.54) is 16.4 Å². The number of rotatable bonds is 5. The predicted molar refractivity (Wildman–Crippen MR) is 114 cm³/mol. The molecule has 0 spiro atoms. The number of fused-ring (bicyclic) bond motifs is 1. The molecule has 0 radical (unpaired) electrons. The third-order valence-electron chi connectivity index (χ3n) is 5.39. The first-order chi connectivity index (χ1) is 14.9. The monoisotopic (exact) mass is 446 g/mol. The smallest absolute Gasteiger partial charge is 0.260 e. The molecular weight excluding hydrogens is 420 g/mol. The second kappa shape index (κ2) is 9.15. The predicted octanol–water partition coefficient (Wildman–Crippen LogP) is 2.07. The fourth-order valence-corrected chi connectivity index (χ4v) is 5.02. The number of carbonyl (C=O) groups is 1. The number of benzene rings is 2. The van der Waals surface area contributed by atoms with Gasteiger partial charge in [0.25, 0.3) is 5.91 Å². The number of carbonyl (C=O) groups excluding carboxylic acids is 1. The SMILES string of the molecule is Cc1ccccc1OCC(=O)N1CCN(S(=O)(=O)c2ccc3c(c2)OCCCO3)CC1. The molecule has 2 aromatic rings. The topological polar surface area (TPSA) is 85.4 Å². The molecule has 1 fully saturated rings. The summed E-state index contributed by atoms with van der Waals surface area (Å²) >= 11 is 0. The average molecular weight is 447 g/mol. The summed E-state index contributed by atoms with van der Waals surface area (Å²) in [6, 6.07) is 12.2. The molecule has 1 amide bonds. The van der Waals surface area contributed by atoms with Gasteiger partial charge in [-0.15, -0.1) is 0 Å². The molecular formula is C22H26N2O6S. The molecule has 0 atom stereocenters. The zero-order valence-electron chi connectivity index (χ0n) is 17.5. The van der Waals surface area contributed by atoms with Crippen LogP contribution in [0.4, 0.5) is 0 Å². The van der Waals surface area contributed by atoms with Crippen molar-refractivity contribution in [2.24, 2.45) is 0 Å². The lowest BCUT2D eigenvalue weighted by Gasteiger charge is -2.34. The van der Waals surface area contributed by atoms with Crippen molar-refractivity contribution in [2.75, 3.05) is 46.0 Å². The van der Waals surface area contributed by atoms with Crippen LogP contribution >= 0.6 is 0 Å². The van der Waals surface area contributed by atoms with Gasteiger partial charge >= 0.3 is 0 Å². The lowest BCUT2D eigenvalue weighted by atomic mass is 10.2. The van der Waals surface area contributed by atoms with E-state index >= 15 is 0 Å². The second-order valence-electron chi connectivity index (χ2n) is 7.50. The number of aryl methyl sites for hydroxylation is 1. The highest BCUT2D eigenvalue weighted by Crippen LogP contribution is 2.33. The zero-order chi connectivity index (χ0) is 21.8. The molecule has 31 heavy (non-hydrogen) atoms. The Kier molecular flexibility index (Phi) is 6.33. The molecule has 2 aromatic carbocycles. The van der Waals surface area contributed by atoms with Gasteiger partial charge in [-0.05, 0) is 30.7 Å². The van der Waals surface area contributed by atoms with Gasteiger partial charge in [0.05, 0.1) is 18.1 Å². The summed E-state index contributed by atoms with van der Waals surface area (Å²) in [7, 11) is -3.69. The van der Waals surface area contributed by atoms with E-state index in [0.717, 1.165) is 12.0 Å². The Morgan fingerprint density at radius 2 is 1.71 bits per heavy atom. The van der Waals surface area contributed by atoms with Crippen molar-refractivity contribution < 1.29 is 27.4 Å². The lowest BCUT2D eigenvalue weighted by molar-refractivity contribution is -0.134. The summed E-state index contributed by atoms with van der Waals surface area (Å²) in [5.41, 5.74) is 0.960. The Hall–Kier alpha value is -2.78. The van der Waals surface area contributed by atoms with Crippen molar-refractivity contribution >= 4 is 15.9 Å². The molecule has 0 aromatic heterocycles. The Morgan fingerprint density at radius 1 is 1.00 bits per heavy atom. The number of nitrogens with zero attached hydrogens (tertiary/aromatic N) is 2. The highest BCUT2D eigenvalue weighted by molar-refractivity contribution is 7.89. The van der Waals surface area contributed by atoms with Gasteiger partial charge in [0.2, 0.25) is 10.0 Å². The molecule has 4 rings (SSSR count).